The summed E-state index contributed by atoms with van der Waals surface area (Å²) < 4.78 is 5.57. The molecule has 1 aliphatic heterocycles. The molecule has 0 amide bonds. The molecule has 0 fully saturated rings. The van der Waals surface area contributed by atoms with Crippen LogP contribution in [0.2, 0.25) is 0 Å². The number of carboxylic acids is 1. The maximum absolute atomic E-state index is 13.1. The largest absolute Gasteiger partial charge is 0.478 e. The molecule has 0 radical (unpaired) electrons. The fraction of sp³-hybridized carbons (Fsp3) is 0.579. The third kappa shape index (κ3) is 4.53. The fourth-order valence-electron chi connectivity index (χ4n) is 3.37. The summed E-state index contributed by atoms with van der Waals surface area (Å²) in [6, 6.07) is 1.85. The van der Waals surface area contributed by atoms with Gasteiger partial charge in [0.1, 0.15) is 5.75 Å². The Kier molecular flexibility index (Phi) is 7.44. The van der Waals surface area contributed by atoms with E-state index in [4.69, 9.17) is 4.74 Å². The lowest BCUT2D eigenvalue weighted by Crippen LogP contribution is -2.28. The zero-order chi connectivity index (χ0) is 18.0. The topological polar surface area (TPSA) is 66.8 Å². The van der Waals surface area contributed by atoms with E-state index in [0.717, 1.165) is 36.1 Å². The molecule has 0 saturated carbocycles. The van der Waals surface area contributed by atoms with Gasteiger partial charge in [-0.1, -0.05) is 13.3 Å². The first-order valence-corrected chi connectivity index (χ1v) is 8.47. The molecular formula is C19H28ClNO4. The summed E-state index contributed by atoms with van der Waals surface area (Å²) in [6.45, 7) is 6.62. The van der Waals surface area contributed by atoms with E-state index in [9.17, 15) is 14.7 Å². The number of halogens is 1. The van der Waals surface area contributed by atoms with Gasteiger partial charge in [-0.15, -0.1) is 12.4 Å². The normalized spacial score (nSPS) is 16.8. The molecule has 2 atom stereocenters. The first-order valence-electron chi connectivity index (χ1n) is 8.47. The zero-order valence-electron chi connectivity index (χ0n) is 15.6. The van der Waals surface area contributed by atoms with Crippen molar-refractivity contribution in [2.75, 3.05) is 20.6 Å². The molecule has 1 aromatic carbocycles. The van der Waals surface area contributed by atoms with Crippen LogP contribution in [-0.2, 0) is 11.2 Å². The number of benzene rings is 1. The maximum atomic E-state index is 13.1. The third-order valence-corrected chi connectivity index (χ3v) is 4.72. The molecule has 0 aromatic heterocycles. The first kappa shape index (κ1) is 21.5. The lowest BCUT2D eigenvalue weighted by molar-refractivity contribution is -0.144. The first-order chi connectivity index (χ1) is 11.3. The number of carbonyl (C=O) groups excluding carboxylic acids is 1. The van der Waals surface area contributed by atoms with Crippen molar-refractivity contribution >= 4 is 24.2 Å². The van der Waals surface area contributed by atoms with Crippen LogP contribution < -0.4 is 4.74 Å². The number of rotatable bonds is 7. The van der Waals surface area contributed by atoms with Gasteiger partial charge in [0.15, 0.2) is 11.9 Å². The summed E-state index contributed by atoms with van der Waals surface area (Å²) in [6.07, 6.45) is 1.27. The fourth-order valence-corrected chi connectivity index (χ4v) is 3.37. The summed E-state index contributed by atoms with van der Waals surface area (Å²) in [5, 5.41) is 9.18. The number of nitrogens with zero attached hydrogens (tertiary/aromatic N) is 1. The van der Waals surface area contributed by atoms with E-state index in [-0.39, 0.29) is 24.1 Å². The molecule has 1 aliphatic rings. The van der Waals surface area contributed by atoms with Crippen LogP contribution in [0.15, 0.2) is 6.07 Å². The van der Waals surface area contributed by atoms with Crippen LogP contribution in [-0.4, -0.2) is 48.5 Å². The highest BCUT2D eigenvalue weighted by Gasteiger charge is 2.33. The van der Waals surface area contributed by atoms with Gasteiger partial charge in [0.25, 0.3) is 0 Å². The van der Waals surface area contributed by atoms with Gasteiger partial charge in [-0.05, 0) is 57.1 Å². The Balaban J connectivity index is 0.00000312. The van der Waals surface area contributed by atoms with E-state index in [1.165, 1.54) is 0 Å². The smallest absolute Gasteiger partial charge is 0.345 e. The molecule has 0 spiro atoms. The number of carbonyl (C=O) groups is 2. The second-order valence-electron chi connectivity index (χ2n) is 6.92. The van der Waals surface area contributed by atoms with Crippen LogP contribution in [0.3, 0.4) is 0 Å². The van der Waals surface area contributed by atoms with Crippen molar-refractivity contribution in [1.82, 2.24) is 4.90 Å². The summed E-state index contributed by atoms with van der Waals surface area (Å²) >= 11 is 0. The van der Waals surface area contributed by atoms with Gasteiger partial charge in [-0.25, -0.2) is 4.79 Å². The van der Waals surface area contributed by atoms with E-state index >= 15 is 0 Å². The quantitative estimate of drug-likeness (QED) is 0.747. The van der Waals surface area contributed by atoms with Crippen LogP contribution in [0.1, 0.15) is 46.8 Å². The van der Waals surface area contributed by atoms with Gasteiger partial charge >= 0.3 is 5.97 Å². The van der Waals surface area contributed by atoms with Crippen LogP contribution in [0.4, 0.5) is 0 Å². The summed E-state index contributed by atoms with van der Waals surface area (Å²) in [5.41, 5.74) is 3.31. The highest BCUT2D eigenvalue weighted by molar-refractivity contribution is 6.00. The number of aliphatic carboxylic acids is 1. The zero-order valence-corrected chi connectivity index (χ0v) is 16.4. The Hall–Kier alpha value is -1.59. The molecule has 1 aromatic rings. The van der Waals surface area contributed by atoms with Crippen molar-refractivity contribution in [3.8, 4) is 5.75 Å². The number of carboxylic acid groups (broad SMARTS) is 1. The standard InChI is InChI=1S/C19H27NO4.ClH/c1-6-7-13(10-20(4)5)17(21)15-8-14-9-16(19(22)23)24-18(14)12(3)11(15)2;/h8,13,16H,6-7,9-10H2,1-5H3,(H,22,23);1H. The minimum absolute atomic E-state index is 0. The second-order valence-corrected chi connectivity index (χ2v) is 6.92. The van der Waals surface area contributed by atoms with Crippen LogP contribution >= 0.6 is 12.4 Å². The van der Waals surface area contributed by atoms with Crippen LogP contribution in [0, 0.1) is 19.8 Å². The Bertz CT molecular complexity index is 657. The monoisotopic (exact) mass is 369 g/mol. The van der Waals surface area contributed by atoms with Gasteiger partial charge < -0.3 is 14.7 Å². The van der Waals surface area contributed by atoms with E-state index in [2.05, 4.69) is 6.92 Å². The third-order valence-electron chi connectivity index (χ3n) is 4.72. The Morgan fingerprint density at radius 2 is 1.96 bits per heavy atom. The summed E-state index contributed by atoms with van der Waals surface area (Å²) in [5.74, 6) is -0.227. The number of Topliss-reactive ketones (excluding diaryl/α,β-unsaturated/α-hetero) is 1. The highest BCUT2D eigenvalue weighted by Crippen LogP contribution is 2.37. The minimum atomic E-state index is -0.965. The van der Waals surface area contributed by atoms with Crippen LogP contribution in [0.5, 0.6) is 5.75 Å². The van der Waals surface area contributed by atoms with E-state index in [1.807, 2.05) is 38.9 Å². The van der Waals surface area contributed by atoms with E-state index < -0.39 is 12.1 Å². The molecule has 0 saturated heterocycles. The van der Waals surface area contributed by atoms with Gasteiger partial charge in [-0.2, -0.15) is 0 Å². The van der Waals surface area contributed by atoms with Gasteiger partial charge in [0, 0.05) is 24.4 Å². The van der Waals surface area contributed by atoms with Crippen molar-refractivity contribution in [1.29, 1.82) is 0 Å². The SMILES string of the molecule is CCCC(CN(C)C)C(=O)c1cc2c(c(C)c1C)OC(C(=O)O)C2.Cl. The molecule has 2 rings (SSSR count). The lowest BCUT2D eigenvalue weighted by Gasteiger charge is -2.21. The summed E-state index contributed by atoms with van der Waals surface area (Å²) in [7, 11) is 3.95. The molecule has 2 unspecified atom stereocenters. The molecule has 25 heavy (non-hydrogen) atoms. The van der Waals surface area contributed by atoms with Crippen LogP contribution in [0.25, 0.3) is 0 Å². The minimum Gasteiger partial charge on any atom is -0.478 e. The molecule has 0 aliphatic carbocycles. The van der Waals surface area contributed by atoms with Crippen molar-refractivity contribution < 1.29 is 19.4 Å². The number of fused-ring (bicyclic) bond motifs is 1. The Morgan fingerprint density at radius 1 is 1.32 bits per heavy atom. The van der Waals surface area contributed by atoms with Crippen molar-refractivity contribution in [2.24, 2.45) is 5.92 Å². The summed E-state index contributed by atoms with van der Waals surface area (Å²) in [4.78, 5) is 26.3. The van der Waals surface area contributed by atoms with Crippen molar-refractivity contribution in [3.63, 3.8) is 0 Å². The molecular weight excluding hydrogens is 342 g/mol. The molecule has 1 N–H and O–H groups in total. The molecule has 140 valence electrons. The van der Waals surface area contributed by atoms with E-state index in [1.54, 1.807) is 0 Å². The number of ketones is 1. The number of hydrogen-bond acceptors (Lipinski definition) is 4. The molecule has 1 heterocycles. The lowest BCUT2D eigenvalue weighted by atomic mass is 9.87. The van der Waals surface area contributed by atoms with Crippen molar-refractivity contribution in [3.05, 3.63) is 28.3 Å². The van der Waals surface area contributed by atoms with Gasteiger partial charge in [0.2, 0.25) is 0 Å². The van der Waals surface area contributed by atoms with E-state index in [0.29, 0.717) is 17.7 Å². The molecule has 0 bridgehead atoms. The number of ether oxygens (including phenoxy) is 1. The Labute approximate surface area is 155 Å². The average Bonchev–Trinajstić information content (AvgIpc) is 2.94. The van der Waals surface area contributed by atoms with Crippen molar-refractivity contribution in [2.45, 2.75) is 46.1 Å². The second kappa shape index (κ2) is 8.68. The molecule has 6 heteroatoms. The predicted octanol–water partition coefficient (Wildman–Crippen LogP) is 3.27. The van der Waals surface area contributed by atoms with Gasteiger partial charge in [-0.3, -0.25) is 4.79 Å². The molecule has 5 nitrogen and oxygen atoms in total. The predicted molar refractivity (Wildman–Crippen MR) is 100 cm³/mol. The Morgan fingerprint density at radius 3 is 2.48 bits per heavy atom. The maximum Gasteiger partial charge on any atom is 0.345 e. The van der Waals surface area contributed by atoms with Gasteiger partial charge in [0.05, 0.1) is 0 Å². The average molecular weight is 370 g/mol. The highest BCUT2D eigenvalue weighted by atomic mass is 35.5. The number of hydrogen-bond donors (Lipinski definition) is 1.